The predicted molar refractivity (Wildman–Crippen MR) is 107 cm³/mol. The van der Waals surface area contributed by atoms with Crippen LogP contribution in [0.4, 0.5) is 0 Å². The van der Waals surface area contributed by atoms with E-state index < -0.39 is 0 Å². The van der Waals surface area contributed by atoms with Crippen LogP contribution in [0.2, 0.25) is 5.02 Å². The lowest BCUT2D eigenvalue weighted by molar-refractivity contribution is -0.132. The number of nitrogens with zero attached hydrogens (tertiary/aromatic N) is 2. The SMILES string of the molecule is O=C(NC1CCN(C(=O)CCCOc2ccccc2Cl)CC1)c1ccncc1. The van der Waals surface area contributed by atoms with Crippen LogP contribution in [0.15, 0.2) is 48.8 Å². The first-order chi connectivity index (χ1) is 13.6. The standard InChI is InChI=1S/C21H24ClN3O3/c22-18-4-1-2-5-19(18)28-15-3-6-20(26)25-13-9-17(10-14-25)24-21(27)16-7-11-23-12-8-16/h1-2,4-5,7-8,11-12,17H,3,6,9-10,13-15H2,(H,24,27). The largest absolute Gasteiger partial charge is 0.492 e. The van der Waals surface area contributed by atoms with E-state index in [1.807, 2.05) is 23.1 Å². The third kappa shape index (κ3) is 5.70. The molecule has 148 valence electrons. The van der Waals surface area contributed by atoms with Gasteiger partial charge in [-0.2, -0.15) is 0 Å². The third-order valence-electron chi connectivity index (χ3n) is 4.75. The first-order valence-electron chi connectivity index (χ1n) is 9.49. The molecule has 0 radical (unpaired) electrons. The van der Waals surface area contributed by atoms with E-state index in [4.69, 9.17) is 16.3 Å². The number of para-hydroxylation sites is 1. The number of pyridine rings is 1. The van der Waals surface area contributed by atoms with Crippen molar-refractivity contribution in [3.8, 4) is 5.75 Å². The molecule has 0 spiro atoms. The molecule has 6 nitrogen and oxygen atoms in total. The zero-order valence-corrected chi connectivity index (χ0v) is 16.4. The monoisotopic (exact) mass is 401 g/mol. The number of aromatic nitrogens is 1. The fourth-order valence-corrected chi connectivity index (χ4v) is 3.36. The van der Waals surface area contributed by atoms with Crippen molar-refractivity contribution in [2.75, 3.05) is 19.7 Å². The van der Waals surface area contributed by atoms with Crippen molar-refractivity contribution in [1.29, 1.82) is 0 Å². The van der Waals surface area contributed by atoms with Gasteiger partial charge in [-0.25, -0.2) is 0 Å². The maximum Gasteiger partial charge on any atom is 0.251 e. The number of piperidine rings is 1. The van der Waals surface area contributed by atoms with Crippen molar-refractivity contribution in [2.45, 2.75) is 31.7 Å². The van der Waals surface area contributed by atoms with Gasteiger partial charge >= 0.3 is 0 Å². The summed E-state index contributed by atoms with van der Waals surface area (Å²) in [6, 6.07) is 10.8. The van der Waals surface area contributed by atoms with E-state index >= 15 is 0 Å². The van der Waals surface area contributed by atoms with Crippen molar-refractivity contribution in [1.82, 2.24) is 15.2 Å². The quantitative estimate of drug-likeness (QED) is 0.722. The average molecular weight is 402 g/mol. The van der Waals surface area contributed by atoms with E-state index in [1.54, 1.807) is 30.6 Å². The number of benzene rings is 1. The molecule has 1 aromatic carbocycles. The van der Waals surface area contributed by atoms with E-state index in [0.717, 1.165) is 12.8 Å². The molecule has 0 aliphatic carbocycles. The van der Waals surface area contributed by atoms with Crippen molar-refractivity contribution >= 4 is 23.4 Å². The first-order valence-corrected chi connectivity index (χ1v) is 9.87. The van der Waals surface area contributed by atoms with Gasteiger partial charge in [-0.1, -0.05) is 23.7 Å². The second-order valence-electron chi connectivity index (χ2n) is 6.75. The van der Waals surface area contributed by atoms with Crippen LogP contribution in [-0.4, -0.2) is 47.4 Å². The fourth-order valence-electron chi connectivity index (χ4n) is 3.17. The minimum Gasteiger partial charge on any atom is -0.492 e. The minimum absolute atomic E-state index is 0.0910. The maximum absolute atomic E-state index is 12.4. The summed E-state index contributed by atoms with van der Waals surface area (Å²) >= 11 is 6.04. The highest BCUT2D eigenvalue weighted by Crippen LogP contribution is 2.23. The van der Waals surface area contributed by atoms with Crippen LogP contribution in [0.25, 0.3) is 0 Å². The van der Waals surface area contributed by atoms with Crippen LogP contribution in [0.1, 0.15) is 36.0 Å². The van der Waals surface area contributed by atoms with Gasteiger partial charge in [0, 0.05) is 43.5 Å². The number of halogens is 1. The Kier molecular flexibility index (Phi) is 7.25. The number of amides is 2. The van der Waals surface area contributed by atoms with Gasteiger partial charge in [0.05, 0.1) is 11.6 Å². The second-order valence-corrected chi connectivity index (χ2v) is 7.15. The predicted octanol–water partition coefficient (Wildman–Crippen LogP) is 3.32. The van der Waals surface area contributed by atoms with E-state index in [9.17, 15) is 9.59 Å². The molecule has 0 saturated carbocycles. The molecule has 3 rings (SSSR count). The van der Waals surface area contributed by atoms with Gasteiger partial charge < -0.3 is 15.0 Å². The normalized spacial score (nSPS) is 14.5. The van der Waals surface area contributed by atoms with E-state index in [0.29, 0.717) is 48.9 Å². The number of ether oxygens (including phenoxy) is 1. The van der Waals surface area contributed by atoms with Gasteiger partial charge in [-0.05, 0) is 43.5 Å². The number of hydrogen-bond donors (Lipinski definition) is 1. The van der Waals surface area contributed by atoms with Crippen LogP contribution in [0.5, 0.6) is 5.75 Å². The van der Waals surface area contributed by atoms with E-state index in [2.05, 4.69) is 10.3 Å². The zero-order valence-electron chi connectivity index (χ0n) is 15.6. The lowest BCUT2D eigenvalue weighted by atomic mass is 10.0. The van der Waals surface area contributed by atoms with Gasteiger partial charge in [0.15, 0.2) is 0 Å². The van der Waals surface area contributed by atoms with Crippen molar-refractivity contribution in [2.24, 2.45) is 0 Å². The molecule has 2 amide bonds. The molecule has 0 atom stereocenters. The lowest BCUT2D eigenvalue weighted by Gasteiger charge is -2.32. The van der Waals surface area contributed by atoms with Gasteiger partial charge in [0.2, 0.25) is 5.91 Å². The lowest BCUT2D eigenvalue weighted by Crippen LogP contribution is -2.46. The van der Waals surface area contributed by atoms with Crippen LogP contribution in [-0.2, 0) is 4.79 Å². The number of rotatable bonds is 7. The Balaban J connectivity index is 1.34. The summed E-state index contributed by atoms with van der Waals surface area (Å²) in [7, 11) is 0. The highest BCUT2D eigenvalue weighted by atomic mass is 35.5. The van der Waals surface area contributed by atoms with E-state index in [1.165, 1.54) is 0 Å². The zero-order chi connectivity index (χ0) is 19.8. The molecule has 1 aromatic heterocycles. The molecule has 1 N–H and O–H groups in total. The van der Waals surface area contributed by atoms with Gasteiger partial charge in [-0.3, -0.25) is 14.6 Å². The molecule has 1 saturated heterocycles. The molecule has 1 aliphatic heterocycles. The summed E-state index contributed by atoms with van der Waals surface area (Å²) in [5.74, 6) is 0.674. The summed E-state index contributed by atoms with van der Waals surface area (Å²) in [5, 5.41) is 3.61. The Morgan fingerprint density at radius 3 is 2.57 bits per heavy atom. The number of carbonyl (C=O) groups excluding carboxylic acids is 2. The molecule has 1 fully saturated rings. The Morgan fingerprint density at radius 1 is 1.14 bits per heavy atom. The van der Waals surface area contributed by atoms with Crippen molar-refractivity contribution in [3.05, 3.63) is 59.4 Å². The smallest absolute Gasteiger partial charge is 0.251 e. The number of hydrogen-bond acceptors (Lipinski definition) is 4. The molecular formula is C21H24ClN3O3. The molecule has 2 aromatic rings. The molecule has 1 aliphatic rings. The summed E-state index contributed by atoms with van der Waals surface area (Å²) in [6.07, 6.45) is 5.82. The Hall–Kier alpha value is -2.60. The van der Waals surface area contributed by atoms with Gasteiger partial charge in [0.25, 0.3) is 5.91 Å². The topological polar surface area (TPSA) is 71.5 Å². The van der Waals surface area contributed by atoms with Crippen LogP contribution in [0, 0.1) is 0 Å². The molecule has 7 heteroatoms. The van der Waals surface area contributed by atoms with Crippen LogP contribution in [0.3, 0.4) is 0 Å². The first kappa shape index (κ1) is 20.1. The Labute approximate surface area is 169 Å². The van der Waals surface area contributed by atoms with Crippen LogP contribution >= 0.6 is 11.6 Å². The molecule has 2 heterocycles. The fraction of sp³-hybridized carbons (Fsp3) is 0.381. The third-order valence-corrected chi connectivity index (χ3v) is 5.07. The Bertz CT molecular complexity index is 792. The average Bonchev–Trinajstić information content (AvgIpc) is 2.73. The molecule has 28 heavy (non-hydrogen) atoms. The summed E-state index contributed by atoms with van der Waals surface area (Å²) in [4.78, 5) is 30.4. The highest BCUT2D eigenvalue weighted by Gasteiger charge is 2.23. The van der Waals surface area contributed by atoms with Gasteiger partial charge in [0.1, 0.15) is 5.75 Å². The molecular weight excluding hydrogens is 378 g/mol. The van der Waals surface area contributed by atoms with Crippen LogP contribution < -0.4 is 10.1 Å². The number of likely N-dealkylation sites (tertiary alicyclic amines) is 1. The summed E-state index contributed by atoms with van der Waals surface area (Å²) in [5.41, 5.74) is 0.604. The van der Waals surface area contributed by atoms with Crippen molar-refractivity contribution < 1.29 is 14.3 Å². The second kappa shape index (κ2) is 10.1. The minimum atomic E-state index is -0.0936. The summed E-state index contributed by atoms with van der Waals surface area (Å²) in [6.45, 7) is 1.77. The van der Waals surface area contributed by atoms with E-state index in [-0.39, 0.29) is 17.9 Å². The molecule has 0 unspecified atom stereocenters. The maximum atomic E-state index is 12.4. The highest BCUT2D eigenvalue weighted by molar-refractivity contribution is 6.32. The molecule has 0 bridgehead atoms. The number of carbonyl (C=O) groups is 2. The number of nitrogens with one attached hydrogen (secondary N) is 1. The van der Waals surface area contributed by atoms with Crippen molar-refractivity contribution in [3.63, 3.8) is 0 Å². The summed E-state index contributed by atoms with van der Waals surface area (Å²) < 4.78 is 5.62. The Morgan fingerprint density at radius 2 is 1.86 bits per heavy atom. The van der Waals surface area contributed by atoms with Gasteiger partial charge in [-0.15, -0.1) is 0 Å².